The van der Waals surface area contributed by atoms with E-state index in [0.717, 1.165) is 6.42 Å². The van der Waals surface area contributed by atoms with Crippen molar-refractivity contribution in [2.75, 3.05) is 0 Å². The molecule has 0 aliphatic heterocycles. The Morgan fingerprint density at radius 2 is 1.26 bits per heavy atom. The predicted molar refractivity (Wildman–Crippen MR) is 88.8 cm³/mol. The van der Waals surface area contributed by atoms with Crippen LogP contribution in [0.3, 0.4) is 0 Å². The first-order chi connectivity index (χ1) is 8.74. The van der Waals surface area contributed by atoms with Gasteiger partial charge in [-0.15, -0.1) is 0 Å². The van der Waals surface area contributed by atoms with E-state index in [4.69, 9.17) is 0 Å². The zero-order chi connectivity index (χ0) is 13.5. The molecule has 0 nitrogen and oxygen atoms in total. The van der Waals surface area contributed by atoms with Gasteiger partial charge in [-0.3, -0.25) is 0 Å². The van der Waals surface area contributed by atoms with Gasteiger partial charge in [0.1, 0.15) is 0 Å². The van der Waals surface area contributed by atoms with Crippen LogP contribution >= 0.6 is 0 Å². The molecule has 0 radical (unpaired) electrons. The molecular weight excluding hydrogens is 228 g/mol. The van der Waals surface area contributed by atoms with Gasteiger partial charge in [-0.25, -0.2) is 0 Å². The van der Waals surface area contributed by atoms with Crippen LogP contribution in [-0.2, 0) is 6.42 Å². The van der Waals surface area contributed by atoms with Gasteiger partial charge in [0, 0.05) is 0 Å². The third kappa shape index (κ3) is 3.96. The first kappa shape index (κ1) is 17.4. The van der Waals surface area contributed by atoms with Gasteiger partial charge < -0.3 is 0 Å². The topological polar surface area (TPSA) is 0 Å². The average molecular weight is 256 g/mol. The van der Waals surface area contributed by atoms with Crippen molar-refractivity contribution in [1.82, 2.24) is 0 Å². The molecule has 0 heteroatoms. The maximum absolute atomic E-state index is 2.23. The quantitative estimate of drug-likeness (QED) is 0.600. The molecule has 0 bridgehead atoms. The molecule has 2 rings (SSSR count). The van der Waals surface area contributed by atoms with E-state index in [-0.39, 0.29) is 7.43 Å². The molecule has 0 saturated carbocycles. The zero-order valence-electron chi connectivity index (χ0n) is 12.2. The Hall–Kier alpha value is -1.56. The first-order valence-electron chi connectivity index (χ1n) is 6.88. The van der Waals surface area contributed by atoms with Crippen molar-refractivity contribution in [3.63, 3.8) is 0 Å². The molecule has 0 fully saturated rings. The summed E-state index contributed by atoms with van der Waals surface area (Å²) in [4.78, 5) is 0. The molecule has 0 heterocycles. The second-order valence-corrected chi connectivity index (χ2v) is 4.27. The van der Waals surface area contributed by atoms with Crippen LogP contribution in [0.25, 0.3) is 11.1 Å². The van der Waals surface area contributed by atoms with Crippen molar-refractivity contribution >= 4 is 0 Å². The van der Waals surface area contributed by atoms with Crippen molar-refractivity contribution in [3.05, 3.63) is 59.2 Å². The first-order valence-corrected chi connectivity index (χ1v) is 6.88. The lowest BCUT2D eigenvalue weighted by Gasteiger charge is -2.13. The van der Waals surface area contributed by atoms with E-state index < -0.39 is 0 Å². The molecule has 0 aliphatic rings. The Kier molecular flexibility index (Phi) is 7.83. The van der Waals surface area contributed by atoms with E-state index in [1.165, 1.54) is 27.8 Å². The summed E-state index contributed by atoms with van der Waals surface area (Å²) < 4.78 is 0. The van der Waals surface area contributed by atoms with E-state index in [1.807, 2.05) is 13.8 Å². The molecule has 0 aromatic heterocycles. The fourth-order valence-corrected chi connectivity index (χ4v) is 2.30. The maximum atomic E-state index is 2.23. The van der Waals surface area contributed by atoms with Crippen LogP contribution in [0, 0.1) is 13.8 Å². The van der Waals surface area contributed by atoms with Crippen LogP contribution in [0.5, 0.6) is 0 Å². The molecule has 0 atom stereocenters. The Morgan fingerprint density at radius 1 is 0.737 bits per heavy atom. The molecule has 0 saturated heterocycles. The standard InChI is InChI=1S/C16H18.C2H6.CH4/c1-4-14-12(2)9-7-11-16(14)15-10-6-5-8-13(15)3;1-2;/h5-11H,4H2,1-3H3;1-2H3;1H4. The summed E-state index contributed by atoms with van der Waals surface area (Å²) >= 11 is 0. The van der Waals surface area contributed by atoms with E-state index >= 15 is 0 Å². The van der Waals surface area contributed by atoms with E-state index in [9.17, 15) is 0 Å². The van der Waals surface area contributed by atoms with Gasteiger partial charge in [0.2, 0.25) is 0 Å². The molecule has 0 aliphatic carbocycles. The minimum absolute atomic E-state index is 0. The number of rotatable bonds is 2. The van der Waals surface area contributed by atoms with Gasteiger partial charge >= 0.3 is 0 Å². The van der Waals surface area contributed by atoms with E-state index in [1.54, 1.807) is 0 Å². The second-order valence-electron chi connectivity index (χ2n) is 4.27. The van der Waals surface area contributed by atoms with Crippen molar-refractivity contribution in [2.45, 2.75) is 48.5 Å². The largest absolute Gasteiger partial charge is 0.0776 e. The third-order valence-electron chi connectivity index (χ3n) is 3.20. The summed E-state index contributed by atoms with van der Waals surface area (Å²) in [6.07, 6.45) is 1.09. The normalized spacial score (nSPS) is 9.11. The van der Waals surface area contributed by atoms with Gasteiger partial charge in [0.05, 0.1) is 0 Å². The SMILES string of the molecule is C.CC.CCc1c(C)cccc1-c1ccccc1C. The van der Waals surface area contributed by atoms with E-state index in [2.05, 4.69) is 63.2 Å². The molecule has 0 unspecified atom stereocenters. The summed E-state index contributed by atoms with van der Waals surface area (Å²) in [5, 5.41) is 0. The number of benzene rings is 2. The van der Waals surface area contributed by atoms with Gasteiger partial charge in [0.15, 0.2) is 0 Å². The van der Waals surface area contributed by atoms with Gasteiger partial charge in [-0.05, 0) is 48.1 Å². The molecular formula is C19H28. The summed E-state index contributed by atoms with van der Waals surface area (Å²) in [5.41, 5.74) is 6.96. The van der Waals surface area contributed by atoms with Crippen molar-refractivity contribution in [2.24, 2.45) is 0 Å². The minimum Gasteiger partial charge on any atom is -0.0776 e. The van der Waals surface area contributed by atoms with Crippen molar-refractivity contribution < 1.29 is 0 Å². The molecule has 0 amide bonds. The van der Waals surface area contributed by atoms with Crippen LogP contribution in [-0.4, -0.2) is 0 Å². The van der Waals surface area contributed by atoms with Crippen molar-refractivity contribution in [1.29, 1.82) is 0 Å². The van der Waals surface area contributed by atoms with Gasteiger partial charge in [-0.1, -0.05) is 70.7 Å². The van der Waals surface area contributed by atoms with E-state index in [0.29, 0.717) is 0 Å². The number of aryl methyl sites for hydroxylation is 2. The molecule has 2 aromatic carbocycles. The number of hydrogen-bond donors (Lipinski definition) is 0. The second kappa shape index (κ2) is 8.53. The van der Waals surface area contributed by atoms with Crippen LogP contribution < -0.4 is 0 Å². The summed E-state index contributed by atoms with van der Waals surface area (Å²) in [7, 11) is 0. The summed E-state index contributed by atoms with van der Waals surface area (Å²) in [5.74, 6) is 0. The van der Waals surface area contributed by atoms with Crippen LogP contribution in [0.1, 0.15) is 44.9 Å². The fourth-order valence-electron chi connectivity index (χ4n) is 2.30. The highest BCUT2D eigenvalue weighted by atomic mass is 14.1. The number of hydrogen-bond acceptors (Lipinski definition) is 0. The van der Waals surface area contributed by atoms with Gasteiger partial charge in [-0.2, -0.15) is 0 Å². The van der Waals surface area contributed by atoms with Crippen LogP contribution in [0.15, 0.2) is 42.5 Å². The highest BCUT2D eigenvalue weighted by Gasteiger charge is 2.07. The lowest BCUT2D eigenvalue weighted by Crippen LogP contribution is -1.93. The fraction of sp³-hybridized carbons (Fsp3) is 0.368. The molecule has 0 N–H and O–H groups in total. The lowest BCUT2D eigenvalue weighted by molar-refractivity contribution is 1.11. The van der Waals surface area contributed by atoms with Crippen molar-refractivity contribution in [3.8, 4) is 11.1 Å². The Morgan fingerprint density at radius 3 is 1.84 bits per heavy atom. The third-order valence-corrected chi connectivity index (χ3v) is 3.20. The monoisotopic (exact) mass is 256 g/mol. The van der Waals surface area contributed by atoms with Gasteiger partial charge in [0.25, 0.3) is 0 Å². The zero-order valence-corrected chi connectivity index (χ0v) is 12.2. The summed E-state index contributed by atoms with van der Waals surface area (Å²) in [6.45, 7) is 10.6. The summed E-state index contributed by atoms with van der Waals surface area (Å²) in [6, 6.07) is 15.2. The lowest BCUT2D eigenvalue weighted by atomic mass is 9.92. The molecule has 104 valence electrons. The Balaban J connectivity index is 0.00000103. The Labute approximate surface area is 119 Å². The predicted octanol–water partition coefficient (Wildman–Crippen LogP) is 6.20. The van der Waals surface area contributed by atoms with Crippen LogP contribution in [0.4, 0.5) is 0 Å². The molecule has 2 aromatic rings. The highest BCUT2D eigenvalue weighted by molar-refractivity contribution is 5.71. The molecule has 19 heavy (non-hydrogen) atoms. The average Bonchev–Trinajstić information content (AvgIpc) is 2.41. The van der Waals surface area contributed by atoms with Crippen LogP contribution in [0.2, 0.25) is 0 Å². The Bertz CT molecular complexity index is 495. The maximum Gasteiger partial charge on any atom is -0.0147 e. The smallest absolute Gasteiger partial charge is 0.0147 e. The minimum atomic E-state index is 0. The molecule has 0 spiro atoms. The highest BCUT2D eigenvalue weighted by Crippen LogP contribution is 2.28.